The van der Waals surface area contributed by atoms with E-state index in [0.29, 0.717) is 0 Å². The van der Waals surface area contributed by atoms with Gasteiger partial charge in [-0.15, -0.1) is 8.42 Å². The molecule has 0 rings (SSSR count). The molecule has 0 amide bonds. The first-order valence-electron chi connectivity index (χ1n) is 1.93. The van der Waals surface area contributed by atoms with Gasteiger partial charge in [0.1, 0.15) is 0 Å². The van der Waals surface area contributed by atoms with Crippen LogP contribution in [0.25, 0.3) is 0 Å². The van der Waals surface area contributed by atoms with E-state index in [1.165, 1.54) is 0 Å². The molecule has 0 spiro atoms. The van der Waals surface area contributed by atoms with Gasteiger partial charge in [-0.25, -0.2) is 9.59 Å². The van der Waals surface area contributed by atoms with Gasteiger partial charge in [0.15, 0.2) is 0 Å². The summed E-state index contributed by atoms with van der Waals surface area (Å²) < 4.78 is 26.2. The molecule has 0 unspecified atom stereocenters. The molecule has 0 bridgehead atoms. The fraction of sp³-hybridized carbons (Fsp3) is 0. The van der Waals surface area contributed by atoms with E-state index >= 15 is 0 Å². The van der Waals surface area contributed by atoms with Crippen molar-refractivity contribution < 1.29 is 75.5 Å². The van der Waals surface area contributed by atoms with Gasteiger partial charge in [-0.1, -0.05) is 0 Å². The Morgan fingerprint density at radius 2 is 1.15 bits per heavy atom. The van der Waals surface area contributed by atoms with Crippen LogP contribution >= 0.6 is 0 Å². The van der Waals surface area contributed by atoms with Crippen LogP contribution in [0, 0.1) is 0 Å². The van der Waals surface area contributed by atoms with Gasteiger partial charge in [0, 0.05) is 39.0 Å². The van der Waals surface area contributed by atoms with E-state index in [0.717, 1.165) is 0 Å². The summed E-state index contributed by atoms with van der Waals surface area (Å²) in [5.41, 5.74) is 0. The van der Waals surface area contributed by atoms with E-state index in [-0.39, 0.29) is 39.0 Å². The molecule has 0 fully saturated rings. The molecule has 0 atom stereocenters. The molecule has 8 nitrogen and oxygen atoms in total. The minimum absolute atomic E-state index is 0. The Labute approximate surface area is 98.1 Å². The fourth-order valence-electron chi connectivity index (χ4n) is 0.192. The van der Waals surface area contributed by atoms with Crippen LogP contribution in [-0.4, -0.2) is 30.9 Å². The van der Waals surface area contributed by atoms with Crippen LogP contribution in [0.15, 0.2) is 0 Å². The molecule has 11 heteroatoms. The standard InChI is InChI=1S/C2H2O8S.2Zn/c3-1(4)9-11(7,8)10-2(5)6;;/h(H,3,4)(H,5,6);;. The second-order valence-corrected chi connectivity index (χ2v) is 2.26. The average Bonchev–Trinajstić information content (AvgIpc) is 1.53. The largest absolute Gasteiger partial charge is 0.524 e. The Bertz CT molecular complexity index is 246. The van der Waals surface area contributed by atoms with E-state index in [1.807, 2.05) is 0 Å². The quantitative estimate of drug-likeness (QED) is 0.660. The molecule has 0 saturated carbocycles. The Kier molecular flexibility index (Phi) is 10.2. The van der Waals surface area contributed by atoms with Crippen molar-refractivity contribution >= 4 is 22.7 Å². The zero-order valence-corrected chi connectivity index (χ0v) is 12.9. The van der Waals surface area contributed by atoms with E-state index < -0.39 is 22.7 Å². The topological polar surface area (TPSA) is 127 Å². The second-order valence-electron chi connectivity index (χ2n) is 1.11. The van der Waals surface area contributed by atoms with Gasteiger partial charge in [-0.2, -0.15) is 0 Å². The third kappa shape index (κ3) is 11.7. The first kappa shape index (κ1) is 18.5. The number of carboxylic acid groups (broad SMARTS) is 2. The molecular formula is C2H2O8SZn2. The summed E-state index contributed by atoms with van der Waals surface area (Å²) in [6, 6.07) is 0. The van der Waals surface area contributed by atoms with Crippen molar-refractivity contribution in [2.75, 3.05) is 0 Å². The summed E-state index contributed by atoms with van der Waals surface area (Å²) in [5.74, 6) is 0. The Hall–Kier alpha value is -0.263. The van der Waals surface area contributed by atoms with E-state index in [1.54, 1.807) is 0 Å². The summed E-state index contributed by atoms with van der Waals surface area (Å²) in [6.45, 7) is 0. The van der Waals surface area contributed by atoms with Gasteiger partial charge in [0.25, 0.3) is 0 Å². The molecular weight excluding hydrogens is 315 g/mol. The number of hydrogen-bond donors (Lipinski definition) is 2. The van der Waals surface area contributed by atoms with Gasteiger partial charge in [0.05, 0.1) is 0 Å². The number of rotatable bonds is 2. The molecule has 68 valence electrons. The van der Waals surface area contributed by atoms with Crippen molar-refractivity contribution in [2.24, 2.45) is 0 Å². The number of carbonyl (C=O) groups is 2. The molecule has 0 aromatic rings. The second kappa shape index (κ2) is 7.17. The van der Waals surface area contributed by atoms with E-state index in [9.17, 15) is 18.0 Å². The third-order valence-corrected chi connectivity index (χ3v) is 1.04. The minimum atomic E-state index is -4.98. The molecule has 0 heterocycles. The van der Waals surface area contributed by atoms with Crippen LogP contribution in [0.3, 0.4) is 0 Å². The van der Waals surface area contributed by atoms with Crippen molar-refractivity contribution in [1.29, 1.82) is 0 Å². The molecule has 0 aliphatic rings. The van der Waals surface area contributed by atoms with Crippen LogP contribution in [0.2, 0.25) is 0 Å². The summed E-state index contributed by atoms with van der Waals surface area (Å²) in [5, 5.41) is 15.4. The summed E-state index contributed by atoms with van der Waals surface area (Å²) in [6.07, 6.45) is -4.35. The third-order valence-electron chi connectivity index (χ3n) is 0.347. The Morgan fingerprint density at radius 1 is 0.923 bits per heavy atom. The molecule has 2 N–H and O–H groups in total. The van der Waals surface area contributed by atoms with Crippen molar-refractivity contribution in [2.45, 2.75) is 0 Å². The SMILES string of the molecule is O=C(O)OS(=O)(=O)OC(=O)O.[Zn].[Zn]. The molecule has 0 aromatic heterocycles. The van der Waals surface area contributed by atoms with E-state index in [2.05, 4.69) is 8.37 Å². The Morgan fingerprint density at radius 3 is 1.31 bits per heavy atom. The molecule has 13 heavy (non-hydrogen) atoms. The van der Waals surface area contributed by atoms with Crippen LogP contribution in [-0.2, 0) is 57.7 Å². The number of hydrogen-bond acceptors (Lipinski definition) is 6. The van der Waals surface area contributed by atoms with Crippen LogP contribution < -0.4 is 0 Å². The summed E-state index contributed by atoms with van der Waals surface area (Å²) in [7, 11) is -4.98. The first-order valence-corrected chi connectivity index (χ1v) is 3.26. The molecule has 0 saturated heterocycles. The average molecular weight is 317 g/mol. The molecule has 0 aromatic carbocycles. The maximum atomic E-state index is 10.0. The summed E-state index contributed by atoms with van der Waals surface area (Å²) >= 11 is 0. The van der Waals surface area contributed by atoms with Crippen molar-refractivity contribution in [1.82, 2.24) is 0 Å². The predicted octanol–water partition coefficient (Wildman–Crippen LogP) is -0.385. The zero-order chi connectivity index (χ0) is 9.07. The normalized spacial score (nSPS) is 8.62. The predicted molar refractivity (Wildman–Crippen MR) is 27.1 cm³/mol. The molecule has 0 aliphatic carbocycles. The van der Waals surface area contributed by atoms with Crippen molar-refractivity contribution in [3.8, 4) is 0 Å². The van der Waals surface area contributed by atoms with Gasteiger partial charge < -0.3 is 10.2 Å². The maximum Gasteiger partial charge on any atom is 0.524 e. The molecule has 0 aliphatic heterocycles. The van der Waals surface area contributed by atoms with Crippen molar-refractivity contribution in [3.63, 3.8) is 0 Å². The molecule has 0 radical (unpaired) electrons. The van der Waals surface area contributed by atoms with Gasteiger partial charge >= 0.3 is 22.7 Å². The first-order chi connectivity index (χ1) is 4.83. The van der Waals surface area contributed by atoms with Crippen LogP contribution in [0.5, 0.6) is 0 Å². The van der Waals surface area contributed by atoms with Crippen molar-refractivity contribution in [3.05, 3.63) is 0 Å². The minimum Gasteiger partial charge on any atom is -0.449 e. The summed E-state index contributed by atoms with van der Waals surface area (Å²) in [4.78, 5) is 19.0. The van der Waals surface area contributed by atoms with Crippen LogP contribution in [0.1, 0.15) is 0 Å². The fourth-order valence-corrected chi connectivity index (χ4v) is 0.575. The maximum absolute atomic E-state index is 10.0. The van der Waals surface area contributed by atoms with Crippen LogP contribution in [0.4, 0.5) is 9.59 Å². The van der Waals surface area contributed by atoms with E-state index in [4.69, 9.17) is 10.2 Å². The van der Waals surface area contributed by atoms with Gasteiger partial charge in [-0.3, -0.25) is 8.37 Å². The van der Waals surface area contributed by atoms with Gasteiger partial charge in [0.2, 0.25) is 0 Å². The Balaban J connectivity index is -0.000000500. The smallest absolute Gasteiger partial charge is 0.449 e. The van der Waals surface area contributed by atoms with Gasteiger partial charge in [-0.05, 0) is 0 Å². The monoisotopic (exact) mass is 314 g/mol. The zero-order valence-electron chi connectivity index (χ0n) is 6.17.